The van der Waals surface area contributed by atoms with E-state index in [4.69, 9.17) is 5.73 Å². The number of aryl methyl sites for hydroxylation is 1. The van der Waals surface area contributed by atoms with Crippen molar-refractivity contribution in [3.63, 3.8) is 0 Å². The Balaban J connectivity index is 1.88. The number of nitrogen functional groups attached to an aromatic ring is 1. The first kappa shape index (κ1) is 13.8. The molecule has 1 aliphatic heterocycles. The Kier molecular flexibility index (Phi) is 3.94. The van der Waals surface area contributed by atoms with Crippen LogP contribution in [0.3, 0.4) is 0 Å². The zero-order valence-corrected chi connectivity index (χ0v) is 12.2. The molecule has 3 nitrogen and oxygen atoms in total. The fraction of sp³-hybridized carbons (Fsp3) is 0.625. The lowest BCUT2D eigenvalue weighted by atomic mass is 9.85. The van der Waals surface area contributed by atoms with Crippen LogP contribution in [0.15, 0.2) is 18.2 Å². The molecule has 1 fully saturated rings. The number of hydrogen-bond acceptors (Lipinski definition) is 3. The lowest BCUT2D eigenvalue weighted by molar-refractivity contribution is -0.0654. The van der Waals surface area contributed by atoms with Crippen LogP contribution in [-0.2, 0) is 6.42 Å². The number of nitrogens with two attached hydrogens (primary N) is 1. The fourth-order valence-corrected chi connectivity index (χ4v) is 3.76. The summed E-state index contributed by atoms with van der Waals surface area (Å²) in [4.78, 5) is 2.52. The Morgan fingerprint density at radius 1 is 1.35 bits per heavy atom. The van der Waals surface area contributed by atoms with Crippen LogP contribution in [0.2, 0.25) is 0 Å². The molecule has 4 heteroatoms. The third-order valence-corrected chi connectivity index (χ3v) is 4.80. The van der Waals surface area contributed by atoms with E-state index >= 15 is 0 Å². The van der Waals surface area contributed by atoms with E-state index < -0.39 is 0 Å². The predicted octanol–water partition coefficient (Wildman–Crippen LogP) is 2.93. The van der Waals surface area contributed by atoms with Crippen LogP contribution in [0, 0.1) is 0 Å². The number of benzene rings is 1. The van der Waals surface area contributed by atoms with Crippen molar-refractivity contribution in [1.29, 1.82) is 0 Å². The fourth-order valence-electron chi connectivity index (χ4n) is 3.76. The van der Waals surface area contributed by atoms with E-state index in [1.807, 2.05) is 6.07 Å². The van der Waals surface area contributed by atoms with Gasteiger partial charge in [0.25, 0.3) is 0 Å². The Morgan fingerprint density at radius 2 is 2.20 bits per heavy atom. The second-order valence-electron chi connectivity index (χ2n) is 6.04. The van der Waals surface area contributed by atoms with Gasteiger partial charge in [0.05, 0.1) is 0 Å². The van der Waals surface area contributed by atoms with E-state index in [1.165, 1.54) is 24.0 Å². The van der Waals surface area contributed by atoms with Crippen molar-refractivity contribution in [2.45, 2.75) is 44.7 Å². The first-order chi connectivity index (χ1) is 9.69. The average Bonchev–Trinajstić information content (AvgIpc) is 2.46. The van der Waals surface area contributed by atoms with Crippen molar-refractivity contribution in [2.24, 2.45) is 0 Å². The second-order valence-corrected chi connectivity index (χ2v) is 6.04. The summed E-state index contributed by atoms with van der Waals surface area (Å²) in [5.41, 5.74) is 9.56. The maximum atomic E-state index is 13.5. The van der Waals surface area contributed by atoms with Crippen molar-refractivity contribution in [3.8, 4) is 0 Å². The molecule has 0 radical (unpaired) electrons. The van der Waals surface area contributed by atoms with Crippen molar-refractivity contribution < 1.29 is 4.48 Å². The second kappa shape index (κ2) is 5.70. The quantitative estimate of drug-likeness (QED) is 0.666. The number of rotatable bonds is 2. The first-order valence-corrected chi connectivity index (χ1v) is 7.73. The van der Waals surface area contributed by atoms with Gasteiger partial charge in [-0.1, -0.05) is 13.0 Å². The van der Waals surface area contributed by atoms with Crippen LogP contribution in [0.5, 0.6) is 0 Å². The largest absolute Gasteiger partial charge is 0.399 e. The van der Waals surface area contributed by atoms with Gasteiger partial charge in [-0.15, -0.1) is 9.60 Å². The van der Waals surface area contributed by atoms with Crippen LogP contribution >= 0.6 is 0 Å². The van der Waals surface area contributed by atoms with E-state index in [0.29, 0.717) is 25.2 Å². The molecule has 1 aromatic rings. The summed E-state index contributed by atoms with van der Waals surface area (Å²) < 4.78 is 13.5. The molecule has 1 aliphatic carbocycles. The molecular weight excluding hydrogens is 253 g/mol. The van der Waals surface area contributed by atoms with Gasteiger partial charge >= 0.3 is 0 Å². The van der Waals surface area contributed by atoms with Gasteiger partial charge in [-0.2, -0.15) is 0 Å². The highest BCUT2D eigenvalue weighted by molar-refractivity contribution is 5.46. The van der Waals surface area contributed by atoms with Gasteiger partial charge in [0.2, 0.25) is 0 Å². The maximum Gasteiger partial charge on any atom is 0.0447 e. The monoisotopic (exact) mass is 277 g/mol. The molecule has 3 rings (SSSR count). The number of halogens is 1. The Bertz CT molecular complexity index is 477. The molecule has 0 bridgehead atoms. The van der Waals surface area contributed by atoms with Gasteiger partial charge in [0, 0.05) is 37.4 Å². The molecule has 110 valence electrons. The zero-order chi connectivity index (χ0) is 14.1. The highest BCUT2D eigenvalue weighted by atomic mass is 19.2. The van der Waals surface area contributed by atoms with E-state index in [-0.39, 0.29) is 0 Å². The molecule has 20 heavy (non-hydrogen) atoms. The molecule has 1 heterocycles. The summed E-state index contributed by atoms with van der Waals surface area (Å²) >= 11 is 0. The molecule has 2 atom stereocenters. The highest BCUT2D eigenvalue weighted by Crippen LogP contribution is 2.37. The summed E-state index contributed by atoms with van der Waals surface area (Å²) in [6.07, 6.45) is 4.51. The molecule has 2 N–H and O–H groups in total. The van der Waals surface area contributed by atoms with Crippen molar-refractivity contribution in [3.05, 3.63) is 29.3 Å². The smallest absolute Gasteiger partial charge is 0.0447 e. The topological polar surface area (TPSA) is 32.5 Å². The van der Waals surface area contributed by atoms with Crippen LogP contribution in [0.4, 0.5) is 10.2 Å². The molecule has 2 aliphatic rings. The van der Waals surface area contributed by atoms with Crippen molar-refractivity contribution in [1.82, 2.24) is 10.0 Å². The lowest BCUT2D eigenvalue weighted by Crippen LogP contribution is -2.52. The number of hydrogen-bond donors (Lipinski definition) is 1. The molecule has 2 unspecified atom stereocenters. The summed E-state index contributed by atoms with van der Waals surface area (Å²) in [6.45, 7) is 4.04. The van der Waals surface area contributed by atoms with Gasteiger partial charge < -0.3 is 5.73 Å². The highest BCUT2D eigenvalue weighted by Gasteiger charge is 2.34. The standard InChI is InChI=1S/C16H24FN3/c1-2-14-11-19(17)8-9-20(14)16-5-3-4-12-10-13(18)6-7-15(12)16/h6-7,10,14,16H,2-5,8-9,11,18H2,1H3. The third kappa shape index (κ3) is 2.54. The average molecular weight is 277 g/mol. The maximum absolute atomic E-state index is 13.5. The summed E-state index contributed by atoms with van der Waals surface area (Å²) in [7, 11) is 0. The molecule has 1 saturated heterocycles. The van der Waals surface area contributed by atoms with E-state index in [2.05, 4.69) is 24.0 Å². The SMILES string of the molecule is CCC1CN(F)CCN1C1CCCc2cc(N)ccc21. The predicted molar refractivity (Wildman–Crippen MR) is 80.0 cm³/mol. The lowest BCUT2D eigenvalue weighted by Gasteiger charge is -2.44. The van der Waals surface area contributed by atoms with Gasteiger partial charge in [-0.3, -0.25) is 4.90 Å². The van der Waals surface area contributed by atoms with Gasteiger partial charge in [0.1, 0.15) is 0 Å². The van der Waals surface area contributed by atoms with E-state index in [9.17, 15) is 4.48 Å². The van der Waals surface area contributed by atoms with Crippen LogP contribution < -0.4 is 5.73 Å². The normalized spacial score (nSPS) is 28.3. The van der Waals surface area contributed by atoms with Crippen LogP contribution in [-0.4, -0.2) is 35.7 Å². The number of nitrogens with zero attached hydrogens (tertiary/aromatic N) is 2. The first-order valence-electron chi connectivity index (χ1n) is 7.73. The minimum Gasteiger partial charge on any atom is -0.399 e. The van der Waals surface area contributed by atoms with Gasteiger partial charge in [-0.25, -0.2) is 0 Å². The van der Waals surface area contributed by atoms with E-state index in [0.717, 1.165) is 30.2 Å². The van der Waals surface area contributed by atoms with Crippen LogP contribution in [0.1, 0.15) is 43.4 Å². The van der Waals surface area contributed by atoms with E-state index in [1.54, 1.807) is 0 Å². The van der Waals surface area contributed by atoms with Crippen molar-refractivity contribution >= 4 is 5.69 Å². The zero-order valence-electron chi connectivity index (χ0n) is 12.2. The molecule has 0 amide bonds. The van der Waals surface area contributed by atoms with Crippen molar-refractivity contribution in [2.75, 3.05) is 25.4 Å². The molecule has 0 spiro atoms. The van der Waals surface area contributed by atoms with Gasteiger partial charge in [0.15, 0.2) is 0 Å². The van der Waals surface area contributed by atoms with Crippen LogP contribution in [0.25, 0.3) is 0 Å². The Morgan fingerprint density at radius 3 is 3.00 bits per heavy atom. The minimum absolute atomic E-state index is 0.322. The van der Waals surface area contributed by atoms with Gasteiger partial charge in [-0.05, 0) is 48.9 Å². The number of piperazine rings is 1. The Labute approximate surface area is 120 Å². The molecule has 0 aromatic heterocycles. The minimum atomic E-state index is 0.322. The molecule has 0 saturated carbocycles. The Hall–Kier alpha value is -1.13. The third-order valence-electron chi connectivity index (χ3n) is 4.80. The number of fused-ring (bicyclic) bond motifs is 1. The molecular formula is C16H24FN3. The number of anilines is 1. The molecule has 1 aromatic carbocycles. The summed E-state index contributed by atoms with van der Waals surface area (Å²) in [5, 5.41) is 0.970. The summed E-state index contributed by atoms with van der Waals surface area (Å²) in [6, 6.07) is 7.07. The summed E-state index contributed by atoms with van der Waals surface area (Å²) in [5.74, 6) is 0.